The van der Waals surface area contributed by atoms with Crippen molar-refractivity contribution < 1.29 is 4.42 Å². The second-order valence-corrected chi connectivity index (χ2v) is 3.67. The normalized spacial score (nSPS) is 11.8. The molecule has 1 N–H and O–H groups in total. The summed E-state index contributed by atoms with van der Waals surface area (Å²) in [7, 11) is 0. The van der Waals surface area contributed by atoms with E-state index in [0.717, 1.165) is 5.69 Å². The van der Waals surface area contributed by atoms with Gasteiger partial charge in [0.2, 0.25) is 0 Å². The first-order valence-corrected chi connectivity index (χ1v) is 5.12. The lowest BCUT2D eigenvalue weighted by atomic mass is 10.2. The van der Waals surface area contributed by atoms with Crippen LogP contribution < -0.4 is 5.32 Å². The van der Waals surface area contributed by atoms with Crippen molar-refractivity contribution in [3.63, 3.8) is 0 Å². The van der Waals surface area contributed by atoms with Crippen molar-refractivity contribution in [3.05, 3.63) is 53.4 Å². The number of nitriles is 1. The Hall–Kier alpha value is -1.92. The molecule has 0 saturated carbocycles. The third-order valence-corrected chi connectivity index (χ3v) is 2.36. The first-order chi connectivity index (χ1) is 7.79. The summed E-state index contributed by atoms with van der Waals surface area (Å²) in [6.07, 6.45) is 1.54. The van der Waals surface area contributed by atoms with Crippen LogP contribution in [-0.4, -0.2) is 0 Å². The Labute approximate surface area is 98.3 Å². The number of nitrogens with one attached hydrogen (secondary N) is 1. The molecule has 1 aromatic heterocycles. The highest BCUT2D eigenvalue weighted by molar-refractivity contribution is 6.30. The summed E-state index contributed by atoms with van der Waals surface area (Å²) in [5.41, 5.74) is 0.826. The van der Waals surface area contributed by atoms with Crippen LogP contribution in [0.15, 0.2) is 47.1 Å². The van der Waals surface area contributed by atoms with Gasteiger partial charge in [-0.05, 0) is 36.4 Å². The van der Waals surface area contributed by atoms with Crippen molar-refractivity contribution in [2.24, 2.45) is 0 Å². The Morgan fingerprint density at radius 1 is 1.25 bits per heavy atom. The molecule has 3 nitrogen and oxygen atoms in total. The van der Waals surface area contributed by atoms with Crippen LogP contribution in [-0.2, 0) is 0 Å². The van der Waals surface area contributed by atoms with Crippen molar-refractivity contribution in [1.29, 1.82) is 5.26 Å². The van der Waals surface area contributed by atoms with E-state index < -0.39 is 6.04 Å². The quantitative estimate of drug-likeness (QED) is 0.880. The van der Waals surface area contributed by atoms with Gasteiger partial charge in [-0.2, -0.15) is 5.26 Å². The fraction of sp³-hybridized carbons (Fsp3) is 0.0833. The van der Waals surface area contributed by atoms with Crippen LogP contribution in [0.5, 0.6) is 0 Å². The minimum Gasteiger partial charge on any atom is -0.466 e. The Morgan fingerprint density at radius 2 is 2.00 bits per heavy atom. The van der Waals surface area contributed by atoms with Gasteiger partial charge in [0.15, 0.2) is 6.04 Å². The highest BCUT2D eigenvalue weighted by Gasteiger charge is 2.12. The van der Waals surface area contributed by atoms with Gasteiger partial charge in [0.25, 0.3) is 0 Å². The minimum atomic E-state index is -0.490. The number of hydrogen-bond acceptors (Lipinski definition) is 3. The van der Waals surface area contributed by atoms with Crippen LogP contribution in [0.3, 0.4) is 0 Å². The molecule has 0 fully saturated rings. The summed E-state index contributed by atoms with van der Waals surface area (Å²) in [4.78, 5) is 0. The zero-order valence-electron chi connectivity index (χ0n) is 8.35. The maximum absolute atomic E-state index is 9.02. The standard InChI is InChI=1S/C12H9ClN2O/c13-9-3-5-10(6-4-9)15-11(8-14)12-2-1-7-16-12/h1-7,11,15H. The van der Waals surface area contributed by atoms with E-state index in [2.05, 4.69) is 11.4 Å². The van der Waals surface area contributed by atoms with Gasteiger partial charge in [0.05, 0.1) is 12.3 Å². The van der Waals surface area contributed by atoms with Gasteiger partial charge < -0.3 is 9.73 Å². The Bertz CT molecular complexity index is 485. The lowest BCUT2D eigenvalue weighted by Gasteiger charge is -2.10. The average molecular weight is 233 g/mol. The lowest BCUT2D eigenvalue weighted by Crippen LogP contribution is -2.07. The molecule has 2 rings (SSSR count). The number of anilines is 1. The van der Waals surface area contributed by atoms with Crippen LogP contribution in [0, 0.1) is 11.3 Å². The number of hydrogen-bond donors (Lipinski definition) is 1. The van der Waals surface area contributed by atoms with Gasteiger partial charge >= 0.3 is 0 Å². The Morgan fingerprint density at radius 3 is 2.56 bits per heavy atom. The number of furan rings is 1. The van der Waals surface area contributed by atoms with E-state index in [1.807, 2.05) is 12.1 Å². The van der Waals surface area contributed by atoms with E-state index in [4.69, 9.17) is 21.3 Å². The number of rotatable bonds is 3. The van der Waals surface area contributed by atoms with Crippen LogP contribution in [0.4, 0.5) is 5.69 Å². The second kappa shape index (κ2) is 4.73. The molecule has 80 valence electrons. The second-order valence-electron chi connectivity index (χ2n) is 3.23. The first-order valence-electron chi connectivity index (χ1n) is 4.75. The Balaban J connectivity index is 2.14. The van der Waals surface area contributed by atoms with Gasteiger partial charge in [-0.25, -0.2) is 0 Å². The summed E-state index contributed by atoms with van der Waals surface area (Å²) < 4.78 is 5.17. The fourth-order valence-corrected chi connectivity index (χ4v) is 1.46. The molecule has 1 atom stereocenters. The molecule has 1 aromatic carbocycles. The molecule has 1 heterocycles. The number of halogens is 1. The van der Waals surface area contributed by atoms with Crippen LogP contribution in [0.1, 0.15) is 11.8 Å². The summed E-state index contributed by atoms with van der Waals surface area (Å²) in [5, 5.41) is 12.7. The van der Waals surface area contributed by atoms with Gasteiger partial charge in [-0.3, -0.25) is 0 Å². The third kappa shape index (κ3) is 2.36. The van der Waals surface area contributed by atoms with E-state index in [1.165, 1.54) is 0 Å². The molecule has 2 aromatic rings. The van der Waals surface area contributed by atoms with E-state index in [9.17, 15) is 0 Å². The van der Waals surface area contributed by atoms with Crippen molar-refractivity contribution in [3.8, 4) is 6.07 Å². The molecule has 4 heteroatoms. The van der Waals surface area contributed by atoms with Gasteiger partial charge in [-0.15, -0.1) is 0 Å². The highest BCUT2D eigenvalue weighted by Crippen LogP contribution is 2.20. The van der Waals surface area contributed by atoms with E-state index in [1.54, 1.807) is 30.5 Å². The number of nitrogens with zero attached hydrogens (tertiary/aromatic N) is 1. The molecular formula is C12H9ClN2O. The third-order valence-electron chi connectivity index (χ3n) is 2.11. The monoisotopic (exact) mass is 232 g/mol. The zero-order valence-corrected chi connectivity index (χ0v) is 9.11. The highest BCUT2D eigenvalue weighted by atomic mass is 35.5. The molecule has 0 aliphatic carbocycles. The SMILES string of the molecule is N#CC(Nc1ccc(Cl)cc1)c1ccco1. The van der Waals surface area contributed by atoms with Crippen molar-refractivity contribution in [2.75, 3.05) is 5.32 Å². The molecule has 0 saturated heterocycles. The maximum Gasteiger partial charge on any atom is 0.173 e. The first kappa shape index (κ1) is 10.6. The molecule has 16 heavy (non-hydrogen) atoms. The van der Waals surface area contributed by atoms with Crippen molar-refractivity contribution in [1.82, 2.24) is 0 Å². The molecule has 1 unspecified atom stereocenters. The van der Waals surface area contributed by atoms with Gasteiger partial charge in [-0.1, -0.05) is 11.6 Å². The summed E-state index contributed by atoms with van der Waals surface area (Å²) in [6.45, 7) is 0. The van der Waals surface area contributed by atoms with Crippen LogP contribution in [0.2, 0.25) is 5.02 Å². The smallest absolute Gasteiger partial charge is 0.173 e. The summed E-state index contributed by atoms with van der Waals surface area (Å²) in [6, 6.07) is 12.3. The molecular weight excluding hydrogens is 224 g/mol. The Kier molecular flexibility index (Phi) is 3.13. The van der Waals surface area contributed by atoms with E-state index in [-0.39, 0.29) is 0 Å². The van der Waals surface area contributed by atoms with Gasteiger partial charge in [0.1, 0.15) is 5.76 Å². The van der Waals surface area contributed by atoms with E-state index >= 15 is 0 Å². The van der Waals surface area contributed by atoms with Crippen molar-refractivity contribution >= 4 is 17.3 Å². The molecule has 0 aliphatic heterocycles. The predicted octanol–water partition coefficient (Wildman–Crippen LogP) is 3.61. The molecule has 0 aliphatic rings. The lowest BCUT2D eigenvalue weighted by molar-refractivity contribution is 0.505. The molecule has 0 amide bonds. The minimum absolute atomic E-state index is 0.490. The average Bonchev–Trinajstić information content (AvgIpc) is 2.82. The summed E-state index contributed by atoms with van der Waals surface area (Å²) in [5.74, 6) is 0.595. The number of benzene rings is 1. The fourth-order valence-electron chi connectivity index (χ4n) is 1.34. The van der Waals surface area contributed by atoms with Crippen LogP contribution in [0.25, 0.3) is 0 Å². The van der Waals surface area contributed by atoms with Crippen LogP contribution >= 0.6 is 11.6 Å². The largest absolute Gasteiger partial charge is 0.466 e. The molecule has 0 bridgehead atoms. The predicted molar refractivity (Wildman–Crippen MR) is 62.1 cm³/mol. The molecule has 0 radical (unpaired) electrons. The molecule has 0 spiro atoms. The van der Waals surface area contributed by atoms with E-state index in [0.29, 0.717) is 10.8 Å². The topological polar surface area (TPSA) is 49.0 Å². The maximum atomic E-state index is 9.02. The zero-order chi connectivity index (χ0) is 11.4. The van der Waals surface area contributed by atoms with Crippen molar-refractivity contribution in [2.45, 2.75) is 6.04 Å². The summed E-state index contributed by atoms with van der Waals surface area (Å²) >= 11 is 5.77. The van der Waals surface area contributed by atoms with Gasteiger partial charge in [0, 0.05) is 10.7 Å².